The fourth-order valence-electron chi connectivity index (χ4n) is 2.73. The Morgan fingerprint density at radius 1 is 1.00 bits per heavy atom. The van der Waals surface area contributed by atoms with Crippen molar-refractivity contribution in [2.24, 2.45) is 0 Å². The van der Waals surface area contributed by atoms with Crippen LogP contribution in [0.2, 0.25) is 0 Å². The number of aromatic nitrogens is 2. The molecule has 0 aliphatic heterocycles. The van der Waals surface area contributed by atoms with Crippen LogP contribution in [0.5, 0.6) is 0 Å². The number of nitrogens with two attached hydrogens (primary N) is 1. The lowest BCUT2D eigenvalue weighted by atomic mass is 10.1. The first-order valence-corrected chi connectivity index (χ1v) is 8.98. The fourth-order valence-corrected chi connectivity index (χ4v) is 2.73. The van der Waals surface area contributed by atoms with Crippen molar-refractivity contribution in [2.45, 2.75) is 19.4 Å². The van der Waals surface area contributed by atoms with Crippen molar-refractivity contribution in [2.75, 3.05) is 5.73 Å². The van der Waals surface area contributed by atoms with Crippen LogP contribution in [0.25, 0.3) is 6.08 Å². The molecule has 3 aromatic rings. The largest absolute Gasteiger partial charge is 0.503 e. The van der Waals surface area contributed by atoms with Crippen molar-refractivity contribution in [1.29, 1.82) is 0 Å². The minimum absolute atomic E-state index is 0.272. The minimum Gasteiger partial charge on any atom is -0.503 e. The van der Waals surface area contributed by atoms with Gasteiger partial charge in [-0.3, -0.25) is 4.79 Å². The van der Waals surface area contributed by atoms with E-state index in [1.165, 1.54) is 18.0 Å². The summed E-state index contributed by atoms with van der Waals surface area (Å²) in [5.74, 6) is -0.983. The van der Waals surface area contributed by atoms with E-state index in [0.29, 0.717) is 11.4 Å². The summed E-state index contributed by atoms with van der Waals surface area (Å²) in [4.78, 5) is 20.5. The van der Waals surface area contributed by atoms with Crippen LogP contribution in [0.3, 0.4) is 0 Å². The van der Waals surface area contributed by atoms with Gasteiger partial charge in [-0.05, 0) is 42.2 Å². The zero-order valence-corrected chi connectivity index (χ0v) is 15.4. The van der Waals surface area contributed by atoms with Crippen molar-refractivity contribution in [3.05, 3.63) is 95.3 Å². The number of aryl methyl sites for hydroxylation is 2. The van der Waals surface area contributed by atoms with E-state index in [9.17, 15) is 9.90 Å². The maximum Gasteiger partial charge on any atom is 0.286 e. The molecule has 0 aliphatic carbocycles. The number of carbonyl (C=O) groups is 1. The first kappa shape index (κ1) is 19.1. The Kier molecular flexibility index (Phi) is 6.36. The number of nitrogens with zero attached hydrogens (tertiary/aromatic N) is 2. The number of hydrogen-bond acceptors (Lipinski definition) is 5. The number of aliphatic hydroxyl groups is 1. The Bertz CT molecular complexity index is 971. The third-order valence-corrected chi connectivity index (χ3v) is 4.18. The second kappa shape index (κ2) is 9.32. The van der Waals surface area contributed by atoms with Crippen molar-refractivity contribution in [3.63, 3.8) is 0 Å². The number of nitrogens with one attached hydrogen (secondary N) is 1. The van der Waals surface area contributed by atoms with Crippen LogP contribution in [0.15, 0.2) is 72.8 Å². The number of rotatable bonds is 7. The number of anilines is 1. The van der Waals surface area contributed by atoms with E-state index in [0.717, 1.165) is 24.1 Å². The van der Waals surface area contributed by atoms with Gasteiger partial charge in [-0.15, -0.1) is 0 Å². The average Bonchev–Trinajstić information content (AvgIpc) is 2.71. The molecule has 6 heteroatoms. The summed E-state index contributed by atoms with van der Waals surface area (Å²) < 4.78 is 0. The zero-order valence-electron chi connectivity index (χ0n) is 15.4. The topological polar surface area (TPSA) is 101 Å². The van der Waals surface area contributed by atoms with E-state index in [4.69, 9.17) is 5.73 Å². The molecule has 4 N–H and O–H groups in total. The first-order valence-electron chi connectivity index (χ1n) is 8.98. The molecule has 3 rings (SSSR count). The van der Waals surface area contributed by atoms with Gasteiger partial charge < -0.3 is 16.2 Å². The fraction of sp³-hybridized carbons (Fsp3) is 0.136. The highest BCUT2D eigenvalue weighted by Gasteiger charge is 2.08. The monoisotopic (exact) mass is 374 g/mol. The molecule has 1 aromatic heterocycles. The summed E-state index contributed by atoms with van der Waals surface area (Å²) in [6, 6.07) is 19.1. The van der Waals surface area contributed by atoms with E-state index < -0.39 is 11.7 Å². The van der Waals surface area contributed by atoms with Crippen LogP contribution < -0.4 is 11.1 Å². The predicted octanol–water partition coefficient (Wildman–Crippen LogP) is 3.06. The molecule has 0 saturated heterocycles. The Hall–Kier alpha value is -3.67. The number of hydrogen-bond donors (Lipinski definition) is 3. The zero-order chi connectivity index (χ0) is 19.8. The molecule has 0 atom stereocenters. The maximum absolute atomic E-state index is 12.1. The number of nitrogen functional groups attached to an aromatic ring is 1. The van der Waals surface area contributed by atoms with Gasteiger partial charge in [-0.25, -0.2) is 9.97 Å². The maximum atomic E-state index is 12.1. The molecule has 0 fully saturated rings. The van der Waals surface area contributed by atoms with Crippen LogP contribution in [-0.2, 0) is 24.2 Å². The highest BCUT2D eigenvalue weighted by molar-refractivity contribution is 5.95. The average molecular weight is 374 g/mol. The molecule has 0 aliphatic rings. The Morgan fingerprint density at radius 2 is 1.79 bits per heavy atom. The van der Waals surface area contributed by atoms with Crippen LogP contribution in [0.1, 0.15) is 22.5 Å². The van der Waals surface area contributed by atoms with Gasteiger partial charge in [0.15, 0.2) is 5.76 Å². The van der Waals surface area contributed by atoms with E-state index in [1.807, 2.05) is 30.3 Å². The smallest absolute Gasteiger partial charge is 0.286 e. The van der Waals surface area contributed by atoms with Gasteiger partial charge in [-0.1, -0.05) is 42.5 Å². The van der Waals surface area contributed by atoms with Crippen molar-refractivity contribution in [3.8, 4) is 0 Å². The molecule has 1 heterocycles. The van der Waals surface area contributed by atoms with Crippen molar-refractivity contribution < 1.29 is 9.90 Å². The number of benzene rings is 2. The highest BCUT2D eigenvalue weighted by atomic mass is 16.3. The summed E-state index contributed by atoms with van der Waals surface area (Å²) in [5.41, 5.74) is 9.74. The van der Waals surface area contributed by atoms with Gasteiger partial charge in [0.05, 0.1) is 5.69 Å². The summed E-state index contributed by atoms with van der Waals surface area (Å²) in [6.07, 6.45) is 4.37. The Balaban J connectivity index is 1.59. The lowest BCUT2D eigenvalue weighted by molar-refractivity contribution is -0.119. The number of carbonyl (C=O) groups excluding carboxylic acids is 1. The van der Waals surface area contributed by atoms with E-state index in [1.54, 1.807) is 18.2 Å². The molecule has 0 saturated carbocycles. The second-order valence-electron chi connectivity index (χ2n) is 6.38. The Morgan fingerprint density at radius 3 is 2.57 bits per heavy atom. The van der Waals surface area contributed by atoms with Crippen LogP contribution >= 0.6 is 0 Å². The number of amides is 1. The van der Waals surface area contributed by atoms with Gasteiger partial charge in [-0.2, -0.15) is 0 Å². The predicted molar refractivity (Wildman–Crippen MR) is 109 cm³/mol. The van der Waals surface area contributed by atoms with Gasteiger partial charge in [0.2, 0.25) is 0 Å². The highest BCUT2D eigenvalue weighted by Crippen LogP contribution is 2.09. The molecular weight excluding hydrogens is 352 g/mol. The molecule has 0 bridgehead atoms. The molecule has 6 nitrogen and oxygen atoms in total. The van der Waals surface area contributed by atoms with E-state index >= 15 is 0 Å². The summed E-state index contributed by atoms with van der Waals surface area (Å²) in [5, 5.41) is 12.7. The molecule has 142 valence electrons. The lowest BCUT2D eigenvalue weighted by Gasteiger charge is -2.06. The van der Waals surface area contributed by atoms with E-state index in [-0.39, 0.29) is 6.54 Å². The summed E-state index contributed by atoms with van der Waals surface area (Å²) in [6.45, 7) is 0.272. The van der Waals surface area contributed by atoms with Gasteiger partial charge >= 0.3 is 0 Å². The first-order chi connectivity index (χ1) is 13.6. The van der Waals surface area contributed by atoms with Crippen molar-refractivity contribution in [1.82, 2.24) is 15.3 Å². The van der Waals surface area contributed by atoms with Crippen LogP contribution in [0, 0.1) is 0 Å². The molecule has 28 heavy (non-hydrogen) atoms. The van der Waals surface area contributed by atoms with Crippen LogP contribution in [-0.4, -0.2) is 21.0 Å². The van der Waals surface area contributed by atoms with Gasteiger partial charge in [0.1, 0.15) is 6.33 Å². The molecule has 2 aromatic carbocycles. The van der Waals surface area contributed by atoms with Crippen molar-refractivity contribution >= 4 is 17.7 Å². The second-order valence-corrected chi connectivity index (χ2v) is 6.38. The molecule has 0 radical (unpaired) electrons. The molecule has 0 unspecified atom stereocenters. The van der Waals surface area contributed by atoms with E-state index in [2.05, 4.69) is 27.4 Å². The Labute approximate surface area is 163 Å². The summed E-state index contributed by atoms with van der Waals surface area (Å²) in [7, 11) is 0. The molecule has 1 amide bonds. The van der Waals surface area contributed by atoms with Gasteiger partial charge in [0, 0.05) is 24.0 Å². The van der Waals surface area contributed by atoms with Gasteiger partial charge in [0.25, 0.3) is 5.91 Å². The lowest BCUT2D eigenvalue weighted by Crippen LogP contribution is -2.24. The normalized spacial score (nSPS) is 11.2. The standard InChI is InChI=1S/C22H22N4O2/c23-18-8-4-7-17(11-18)14-24-22(28)21(27)13-20-12-19(25-15-26-20)10-9-16-5-2-1-3-6-16/h1-8,11-13,15,27H,9-10,14,23H2,(H,24,28)/b21-13-. The molecular formula is C22H22N4O2. The minimum atomic E-state index is -0.577. The SMILES string of the molecule is Nc1cccc(CNC(=O)/C(O)=C/c2cc(CCc3ccccc3)ncn2)c1. The molecule has 0 spiro atoms. The number of aliphatic hydroxyl groups excluding tert-OH is 1. The third-order valence-electron chi connectivity index (χ3n) is 4.18. The quantitative estimate of drug-likeness (QED) is 0.335. The third kappa shape index (κ3) is 5.67. The summed E-state index contributed by atoms with van der Waals surface area (Å²) >= 11 is 0. The van der Waals surface area contributed by atoms with Crippen LogP contribution in [0.4, 0.5) is 5.69 Å².